The summed E-state index contributed by atoms with van der Waals surface area (Å²) in [6.07, 6.45) is 3.73. The summed E-state index contributed by atoms with van der Waals surface area (Å²) in [5, 5.41) is 3.10. The van der Waals surface area contributed by atoms with Crippen LogP contribution in [-0.2, 0) is 4.79 Å². The molecule has 14 heavy (non-hydrogen) atoms. The first-order valence-corrected chi connectivity index (χ1v) is 4.38. The van der Waals surface area contributed by atoms with Crippen molar-refractivity contribution >= 4 is 23.7 Å². The molecule has 0 bridgehead atoms. The van der Waals surface area contributed by atoms with Gasteiger partial charge in [-0.2, -0.15) is 9.98 Å². The summed E-state index contributed by atoms with van der Waals surface area (Å²) in [5.41, 5.74) is 0.867. The van der Waals surface area contributed by atoms with Crippen LogP contribution in [0.25, 0.3) is 0 Å². The predicted octanol–water partition coefficient (Wildman–Crippen LogP) is 0.121. The molecule has 1 N–H and O–H groups in total. The van der Waals surface area contributed by atoms with Crippen molar-refractivity contribution in [3.05, 3.63) is 11.6 Å². The minimum absolute atomic E-state index is 0.156. The molecule has 72 valence electrons. The van der Waals surface area contributed by atoms with Gasteiger partial charge >= 0.3 is 6.03 Å². The quantitative estimate of drug-likeness (QED) is 0.673. The van der Waals surface area contributed by atoms with Crippen molar-refractivity contribution in [3.63, 3.8) is 0 Å². The number of hydrogen-bond acceptors (Lipinski definition) is 3. The lowest BCUT2D eigenvalue weighted by Gasteiger charge is -2.11. The van der Waals surface area contributed by atoms with Crippen LogP contribution < -0.4 is 5.32 Å². The molecule has 0 fully saturated rings. The molecule has 0 saturated heterocycles. The summed E-state index contributed by atoms with van der Waals surface area (Å²) < 4.78 is 0. The van der Waals surface area contributed by atoms with E-state index in [-0.39, 0.29) is 11.5 Å². The summed E-state index contributed by atoms with van der Waals surface area (Å²) in [6.45, 7) is 1.48. The highest BCUT2D eigenvalue weighted by Crippen LogP contribution is 2.08. The molecule has 0 saturated carbocycles. The number of ketones is 1. The van der Waals surface area contributed by atoms with Crippen molar-refractivity contribution in [2.24, 2.45) is 9.98 Å². The first kappa shape index (κ1) is 8.96. The van der Waals surface area contributed by atoms with Gasteiger partial charge < -0.3 is 5.32 Å². The third kappa shape index (κ3) is 1.67. The fraction of sp³-hybridized carbons (Fsp3) is 0.333. The minimum Gasteiger partial charge on any atom is -0.313 e. The molecule has 2 amide bonds. The Morgan fingerprint density at radius 1 is 1.50 bits per heavy atom. The Bertz CT molecular complexity index is 380. The lowest BCUT2D eigenvalue weighted by molar-refractivity contribution is -0.109. The largest absolute Gasteiger partial charge is 0.367 e. The van der Waals surface area contributed by atoms with Gasteiger partial charge in [-0.25, -0.2) is 4.79 Å². The lowest BCUT2D eigenvalue weighted by atomic mass is 10.0. The zero-order chi connectivity index (χ0) is 9.97. The fourth-order valence-corrected chi connectivity index (χ4v) is 1.38. The van der Waals surface area contributed by atoms with Gasteiger partial charge in [0.05, 0.1) is 6.21 Å². The van der Waals surface area contributed by atoms with Crippen LogP contribution in [0.4, 0.5) is 4.79 Å². The van der Waals surface area contributed by atoms with E-state index in [0.29, 0.717) is 18.5 Å². The summed E-state index contributed by atoms with van der Waals surface area (Å²) in [5.74, 6) is -0.180. The monoisotopic (exact) mass is 191 g/mol. The molecule has 2 rings (SSSR count). The molecule has 5 nitrogen and oxygen atoms in total. The van der Waals surface area contributed by atoms with E-state index >= 15 is 0 Å². The van der Waals surface area contributed by atoms with Crippen molar-refractivity contribution in [2.75, 3.05) is 13.1 Å². The van der Waals surface area contributed by atoms with Gasteiger partial charge in [0.1, 0.15) is 5.71 Å². The van der Waals surface area contributed by atoms with Gasteiger partial charge in [0.25, 0.3) is 0 Å². The summed E-state index contributed by atoms with van der Waals surface area (Å²) >= 11 is 0. The summed E-state index contributed by atoms with van der Waals surface area (Å²) in [6, 6.07) is -0.595. The van der Waals surface area contributed by atoms with Crippen molar-refractivity contribution in [1.29, 1.82) is 0 Å². The minimum atomic E-state index is -0.595. The van der Waals surface area contributed by atoms with Crippen LogP contribution in [0.5, 0.6) is 0 Å². The first-order valence-electron chi connectivity index (χ1n) is 4.38. The number of hydrogen-bond donors (Lipinski definition) is 1. The highest BCUT2D eigenvalue weighted by molar-refractivity contribution is 6.67. The average molecular weight is 191 g/mol. The maximum absolute atomic E-state index is 11.7. The highest BCUT2D eigenvalue weighted by atomic mass is 16.2. The maximum Gasteiger partial charge on any atom is 0.367 e. The van der Waals surface area contributed by atoms with E-state index < -0.39 is 6.03 Å². The van der Waals surface area contributed by atoms with Crippen molar-refractivity contribution in [2.45, 2.75) is 6.42 Å². The third-order valence-corrected chi connectivity index (χ3v) is 2.10. The van der Waals surface area contributed by atoms with E-state index in [1.54, 1.807) is 0 Å². The van der Waals surface area contributed by atoms with Crippen LogP contribution in [0.3, 0.4) is 0 Å². The Labute approximate surface area is 80.6 Å². The number of aliphatic imine (C=N–C) groups is 2. The normalized spacial score (nSPS) is 20.7. The standard InChI is InChI=1S/C9H9N3O2/c13-8(6-1-3-10-4-2-6)7-5-11-9(14)12-7/h1,5,10H,2-4H2. The van der Waals surface area contributed by atoms with Crippen LogP contribution in [0.1, 0.15) is 6.42 Å². The molecule has 0 atom stereocenters. The first-order chi connectivity index (χ1) is 6.77. The van der Waals surface area contributed by atoms with Crippen LogP contribution in [0.2, 0.25) is 0 Å². The number of carbonyl (C=O) groups is 2. The molecule has 0 spiro atoms. The zero-order valence-electron chi connectivity index (χ0n) is 7.49. The number of nitrogens with one attached hydrogen (secondary N) is 1. The van der Waals surface area contributed by atoms with Crippen LogP contribution >= 0.6 is 0 Å². The molecular formula is C9H9N3O2. The number of nitrogens with zero attached hydrogens (tertiary/aromatic N) is 2. The van der Waals surface area contributed by atoms with Gasteiger partial charge in [-0.15, -0.1) is 0 Å². The number of Topliss-reactive ketones (excluding diaryl/α,β-unsaturated/α-hetero) is 1. The van der Waals surface area contributed by atoms with Crippen LogP contribution in [-0.4, -0.2) is 36.8 Å². The molecule has 0 unspecified atom stereocenters. The number of amides is 2. The molecule has 2 aliphatic heterocycles. The smallest absolute Gasteiger partial charge is 0.313 e. The predicted molar refractivity (Wildman–Crippen MR) is 51.9 cm³/mol. The van der Waals surface area contributed by atoms with Gasteiger partial charge in [0.15, 0.2) is 0 Å². The number of urea groups is 1. The molecule has 0 aromatic carbocycles. The lowest BCUT2D eigenvalue weighted by Crippen LogP contribution is -2.26. The fourth-order valence-electron chi connectivity index (χ4n) is 1.38. The van der Waals surface area contributed by atoms with Crippen LogP contribution in [0.15, 0.2) is 21.6 Å². The topological polar surface area (TPSA) is 70.9 Å². The second kappa shape index (κ2) is 3.63. The second-order valence-electron chi connectivity index (χ2n) is 3.05. The number of carbonyl (C=O) groups excluding carboxylic acids is 2. The van der Waals surface area contributed by atoms with Gasteiger partial charge in [-0.1, -0.05) is 6.08 Å². The zero-order valence-corrected chi connectivity index (χ0v) is 7.49. The molecule has 2 aliphatic rings. The van der Waals surface area contributed by atoms with E-state index in [2.05, 4.69) is 15.3 Å². The van der Waals surface area contributed by atoms with Crippen molar-refractivity contribution in [3.8, 4) is 0 Å². The highest BCUT2D eigenvalue weighted by Gasteiger charge is 2.20. The third-order valence-electron chi connectivity index (χ3n) is 2.10. The molecule has 2 heterocycles. The SMILES string of the molecule is O=C1N=CC(C(=O)C2=CCNCC2)=N1. The maximum atomic E-state index is 11.7. The molecular weight excluding hydrogens is 182 g/mol. The Morgan fingerprint density at radius 3 is 2.93 bits per heavy atom. The Morgan fingerprint density at radius 2 is 2.36 bits per heavy atom. The van der Waals surface area contributed by atoms with Gasteiger partial charge in [0.2, 0.25) is 5.78 Å². The van der Waals surface area contributed by atoms with Gasteiger partial charge in [-0.3, -0.25) is 4.79 Å². The Balaban J connectivity index is 2.16. The van der Waals surface area contributed by atoms with Gasteiger partial charge in [-0.05, 0) is 13.0 Å². The molecule has 0 aromatic rings. The summed E-state index contributed by atoms with van der Waals surface area (Å²) in [4.78, 5) is 29.3. The van der Waals surface area contributed by atoms with Gasteiger partial charge in [0, 0.05) is 12.1 Å². The van der Waals surface area contributed by atoms with Crippen molar-refractivity contribution < 1.29 is 9.59 Å². The van der Waals surface area contributed by atoms with E-state index in [1.165, 1.54) is 6.21 Å². The average Bonchev–Trinajstić information content (AvgIpc) is 2.65. The Hall–Kier alpha value is -1.62. The van der Waals surface area contributed by atoms with Crippen molar-refractivity contribution in [1.82, 2.24) is 5.32 Å². The summed E-state index contributed by atoms with van der Waals surface area (Å²) in [7, 11) is 0. The molecule has 5 heteroatoms. The van der Waals surface area contributed by atoms with E-state index in [0.717, 1.165) is 6.54 Å². The molecule has 0 aromatic heterocycles. The second-order valence-corrected chi connectivity index (χ2v) is 3.05. The van der Waals surface area contributed by atoms with Crippen LogP contribution in [0, 0.1) is 0 Å². The van der Waals surface area contributed by atoms with E-state index in [9.17, 15) is 9.59 Å². The Kier molecular flexibility index (Phi) is 2.32. The molecule has 0 aliphatic carbocycles. The van der Waals surface area contributed by atoms with E-state index in [1.807, 2.05) is 6.08 Å². The number of rotatable bonds is 2. The molecule has 0 radical (unpaired) electrons. The van der Waals surface area contributed by atoms with E-state index in [4.69, 9.17) is 0 Å².